The van der Waals surface area contributed by atoms with Crippen LogP contribution in [-0.4, -0.2) is 20.3 Å². The Hall–Kier alpha value is -1.31. The van der Waals surface area contributed by atoms with Crippen molar-refractivity contribution >= 4 is 12.6 Å². The summed E-state index contributed by atoms with van der Waals surface area (Å²) in [5.74, 6) is 0. The molecule has 1 aromatic carbocycles. The molecule has 0 aromatic heterocycles. The monoisotopic (exact) mass is 287 g/mol. The maximum absolute atomic E-state index is 9.26. The molecule has 114 valence electrons. The van der Waals surface area contributed by atoms with E-state index in [1.54, 1.807) is 6.07 Å². The molecule has 0 amide bonds. The first kappa shape index (κ1) is 17.7. The summed E-state index contributed by atoms with van der Waals surface area (Å²) in [6.07, 6.45) is 0. The summed E-state index contributed by atoms with van der Waals surface area (Å²) in [5, 5.41) is 9.26. The number of benzene rings is 1. The Balaban J connectivity index is 2.93. The fourth-order valence-electron chi connectivity index (χ4n) is 1.68. The Morgan fingerprint density at radius 1 is 0.952 bits per heavy atom. The maximum atomic E-state index is 9.26. The molecular weight excluding hydrogens is 261 g/mol. The predicted molar refractivity (Wildman–Crippen MR) is 87.4 cm³/mol. The molecule has 0 atom stereocenters. The van der Waals surface area contributed by atoms with Crippen molar-refractivity contribution in [2.45, 2.75) is 41.5 Å². The van der Waals surface area contributed by atoms with Crippen LogP contribution in [0.1, 0.15) is 47.1 Å². The number of hydrogen-bond donors (Lipinski definition) is 0. The highest BCUT2D eigenvalue weighted by Gasteiger charge is 2.28. The van der Waals surface area contributed by atoms with Crippen LogP contribution in [0.5, 0.6) is 0 Å². The first-order chi connectivity index (χ1) is 9.62. The zero-order chi connectivity index (χ0) is 16.1. The highest BCUT2D eigenvalue weighted by atomic mass is 16.6. The number of rotatable bonds is 5. The summed E-state index contributed by atoms with van der Waals surface area (Å²) in [5.41, 5.74) is 1.49. The van der Waals surface area contributed by atoms with Crippen LogP contribution in [-0.2, 0) is 9.31 Å². The van der Waals surface area contributed by atoms with E-state index in [2.05, 4.69) is 47.6 Å². The van der Waals surface area contributed by atoms with E-state index in [1.807, 2.05) is 18.2 Å². The molecule has 0 fully saturated rings. The van der Waals surface area contributed by atoms with Crippen molar-refractivity contribution in [3.05, 3.63) is 29.8 Å². The van der Waals surface area contributed by atoms with Crippen LogP contribution in [0.3, 0.4) is 0 Å². The fourth-order valence-corrected chi connectivity index (χ4v) is 1.68. The Bertz CT molecular complexity index is 477. The van der Waals surface area contributed by atoms with Crippen molar-refractivity contribution < 1.29 is 9.31 Å². The molecule has 0 saturated carbocycles. The van der Waals surface area contributed by atoms with Gasteiger partial charge in [0, 0.05) is 18.7 Å². The summed E-state index contributed by atoms with van der Waals surface area (Å²) >= 11 is 0. The molecule has 1 rings (SSSR count). The molecule has 1 aromatic rings. The van der Waals surface area contributed by atoms with Crippen LogP contribution >= 0.6 is 0 Å². The van der Waals surface area contributed by atoms with E-state index in [4.69, 9.17) is 9.31 Å². The second kappa shape index (κ2) is 7.11. The smallest absolute Gasteiger partial charge is 0.407 e. The Morgan fingerprint density at radius 3 is 1.86 bits per heavy atom. The van der Waals surface area contributed by atoms with Gasteiger partial charge in [0.05, 0.1) is 11.6 Å². The van der Waals surface area contributed by atoms with Crippen LogP contribution in [0.4, 0.5) is 0 Å². The standard InChI is InChI=1S/C17H26BNO2/c1-16(2,3)12-20-18(21-13-17(4,5)6)15-10-8-7-9-14(15)11-19/h7-10H,12-13H2,1-6H3. The Morgan fingerprint density at radius 2 is 1.43 bits per heavy atom. The molecule has 0 aliphatic carbocycles. The minimum absolute atomic E-state index is 0.0466. The SMILES string of the molecule is CC(C)(C)COB(OCC(C)(C)C)c1ccccc1C#N. The number of hydrogen-bond acceptors (Lipinski definition) is 3. The van der Waals surface area contributed by atoms with Crippen molar-refractivity contribution in [1.29, 1.82) is 5.26 Å². The van der Waals surface area contributed by atoms with E-state index in [-0.39, 0.29) is 10.8 Å². The van der Waals surface area contributed by atoms with Crippen molar-refractivity contribution in [2.75, 3.05) is 13.2 Å². The van der Waals surface area contributed by atoms with E-state index in [0.717, 1.165) is 5.46 Å². The summed E-state index contributed by atoms with van der Waals surface area (Å²) in [4.78, 5) is 0. The van der Waals surface area contributed by atoms with Crippen molar-refractivity contribution in [2.24, 2.45) is 10.8 Å². The molecule has 0 unspecified atom stereocenters. The molecule has 0 N–H and O–H groups in total. The molecule has 0 aliphatic rings. The fraction of sp³-hybridized carbons (Fsp3) is 0.588. The van der Waals surface area contributed by atoms with Gasteiger partial charge in [0.25, 0.3) is 0 Å². The van der Waals surface area contributed by atoms with E-state index in [9.17, 15) is 5.26 Å². The molecule has 0 heterocycles. The minimum Gasteiger partial charge on any atom is -0.407 e. The summed E-state index contributed by atoms with van der Waals surface area (Å²) in [6, 6.07) is 9.66. The lowest BCUT2D eigenvalue weighted by molar-refractivity contribution is 0.119. The average molecular weight is 287 g/mol. The van der Waals surface area contributed by atoms with E-state index < -0.39 is 7.12 Å². The third-order valence-corrected chi connectivity index (χ3v) is 2.67. The van der Waals surface area contributed by atoms with Crippen LogP contribution < -0.4 is 5.46 Å². The van der Waals surface area contributed by atoms with E-state index in [0.29, 0.717) is 18.8 Å². The van der Waals surface area contributed by atoms with Crippen LogP contribution in [0, 0.1) is 22.2 Å². The molecule has 0 bridgehead atoms. The topological polar surface area (TPSA) is 42.2 Å². The lowest BCUT2D eigenvalue weighted by Gasteiger charge is -2.25. The lowest BCUT2D eigenvalue weighted by Crippen LogP contribution is -2.42. The average Bonchev–Trinajstić information content (AvgIpc) is 2.36. The normalized spacial score (nSPS) is 12.0. The summed E-state index contributed by atoms with van der Waals surface area (Å²) in [7, 11) is -0.501. The minimum atomic E-state index is -0.501. The van der Waals surface area contributed by atoms with Crippen LogP contribution in [0.25, 0.3) is 0 Å². The van der Waals surface area contributed by atoms with Gasteiger partial charge in [-0.1, -0.05) is 59.7 Å². The first-order valence-corrected chi connectivity index (χ1v) is 7.35. The molecule has 21 heavy (non-hydrogen) atoms. The van der Waals surface area contributed by atoms with Crippen molar-refractivity contribution in [3.8, 4) is 6.07 Å². The third kappa shape index (κ3) is 6.79. The van der Waals surface area contributed by atoms with Gasteiger partial charge in [-0.15, -0.1) is 0 Å². The lowest BCUT2D eigenvalue weighted by atomic mass is 9.75. The highest BCUT2D eigenvalue weighted by molar-refractivity contribution is 6.62. The molecule has 0 radical (unpaired) electrons. The molecular formula is C17H26BNO2. The molecule has 0 aliphatic heterocycles. The van der Waals surface area contributed by atoms with Gasteiger partial charge in [-0.3, -0.25) is 0 Å². The summed E-state index contributed by atoms with van der Waals surface area (Å²) in [6.45, 7) is 13.8. The Labute approximate surface area is 129 Å². The Kier molecular flexibility index (Phi) is 6.01. The van der Waals surface area contributed by atoms with Crippen LogP contribution in [0.2, 0.25) is 0 Å². The predicted octanol–water partition coefficient (Wildman–Crippen LogP) is 3.38. The van der Waals surface area contributed by atoms with E-state index in [1.165, 1.54) is 0 Å². The zero-order valence-corrected chi connectivity index (χ0v) is 14.1. The first-order valence-electron chi connectivity index (χ1n) is 7.35. The van der Waals surface area contributed by atoms with Crippen molar-refractivity contribution in [3.63, 3.8) is 0 Å². The van der Waals surface area contributed by atoms with Gasteiger partial charge in [-0.2, -0.15) is 5.26 Å². The van der Waals surface area contributed by atoms with Gasteiger partial charge in [-0.25, -0.2) is 0 Å². The number of nitriles is 1. The molecule has 0 saturated heterocycles. The summed E-state index contributed by atoms with van der Waals surface area (Å²) < 4.78 is 11.9. The maximum Gasteiger partial charge on any atom is 0.495 e. The van der Waals surface area contributed by atoms with Crippen LogP contribution in [0.15, 0.2) is 24.3 Å². The van der Waals surface area contributed by atoms with Gasteiger partial charge in [-0.05, 0) is 16.9 Å². The van der Waals surface area contributed by atoms with E-state index >= 15 is 0 Å². The van der Waals surface area contributed by atoms with Gasteiger partial charge < -0.3 is 9.31 Å². The van der Waals surface area contributed by atoms with Gasteiger partial charge in [0.2, 0.25) is 0 Å². The second-order valence-corrected chi connectivity index (χ2v) is 7.77. The highest BCUT2D eigenvalue weighted by Crippen LogP contribution is 2.17. The number of nitrogens with zero attached hydrogens (tertiary/aromatic N) is 1. The van der Waals surface area contributed by atoms with Crippen molar-refractivity contribution in [1.82, 2.24) is 0 Å². The quantitative estimate of drug-likeness (QED) is 0.780. The van der Waals surface area contributed by atoms with Gasteiger partial charge in [0.15, 0.2) is 0 Å². The van der Waals surface area contributed by atoms with Gasteiger partial charge >= 0.3 is 7.12 Å². The largest absolute Gasteiger partial charge is 0.495 e. The third-order valence-electron chi connectivity index (χ3n) is 2.67. The molecule has 3 nitrogen and oxygen atoms in total. The molecule has 0 spiro atoms. The zero-order valence-electron chi connectivity index (χ0n) is 14.1. The molecule has 4 heteroatoms. The second-order valence-electron chi connectivity index (χ2n) is 7.77. The van der Waals surface area contributed by atoms with Gasteiger partial charge in [0.1, 0.15) is 0 Å².